The molecular formula is C26H22BrClN4O2S2. The Kier molecular flexibility index (Phi) is 7.62. The number of nitrogens with zero attached hydrogens (tertiary/aromatic N) is 3. The molecule has 2 aromatic carbocycles. The number of hydrogen-bond donors (Lipinski definition) is 1. The number of carbonyl (C=O) groups is 1. The maximum atomic E-state index is 13.8. The monoisotopic (exact) mass is 600 g/mol. The van der Waals surface area contributed by atoms with E-state index in [1.54, 1.807) is 28.9 Å². The van der Waals surface area contributed by atoms with E-state index in [9.17, 15) is 9.59 Å². The van der Waals surface area contributed by atoms with Gasteiger partial charge < -0.3 is 0 Å². The Balaban J connectivity index is 1.45. The molecule has 36 heavy (non-hydrogen) atoms. The van der Waals surface area contributed by atoms with Crippen LogP contribution in [0.25, 0.3) is 15.9 Å². The average Bonchev–Trinajstić information content (AvgIpc) is 3.26. The highest BCUT2D eigenvalue weighted by molar-refractivity contribution is 9.10. The number of fused-ring (bicyclic) bond motifs is 3. The van der Waals surface area contributed by atoms with Crippen molar-refractivity contribution in [3.8, 4) is 5.69 Å². The molecule has 2 heterocycles. The Labute approximate surface area is 229 Å². The second-order valence-corrected chi connectivity index (χ2v) is 11.8. The Morgan fingerprint density at radius 2 is 1.94 bits per heavy atom. The second-order valence-electron chi connectivity index (χ2n) is 8.40. The number of amides is 1. The van der Waals surface area contributed by atoms with Crippen molar-refractivity contribution in [1.29, 1.82) is 0 Å². The lowest BCUT2D eigenvalue weighted by atomic mass is 9.97. The van der Waals surface area contributed by atoms with Gasteiger partial charge in [0.05, 0.1) is 22.5 Å². The number of hydrazone groups is 1. The SMILES string of the molecule is CC(=NNC(=O)CSc1nc2sc3c(c2c(=O)n1-c1ccc(Br)cc1)CCCC3)c1ccccc1Cl. The van der Waals surface area contributed by atoms with Crippen LogP contribution in [-0.4, -0.2) is 26.9 Å². The van der Waals surface area contributed by atoms with Gasteiger partial charge in [-0.1, -0.05) is 57.5 Å². The first-order chi connectivity index (χ1) is 17.4. The molecule has 0 atom stereocenters. The van der Waals surface area contributed by atoms with Crippen LogP contribution in [-0.2, 0) is 17.6 Å². The molecule has 10 heteroatoms. The van der Waals surface area contributed by atoms with Crippen LogP contribution in [0.3, 0.4) is 0 Å². The zero-order chi connectivity index (χ0) is 25.2. The summed E-state index contributed by atoms with van der Waals surface area (Å²) in [5.74, 6) is -0.243. The number of halogens is 2. The third kappa shape index (κ3) is 5.16. The maximum absolute atomic E-state index is 13.8. The molecular weight excluding hydrogens is 580 g/mol. The van der Waals surface area contributed by atoms with E-state index in [1.807, 2.05) is 42.5 Å². The fraction of sp³-hybridized carbons (Fsp3) is 0.231. The second kappa shape index (κ2) is 10.9. The van der Waals surface area contributed by atoms with Crippen LogP contribution in [0, 0.1) is 0 Å². The standard InChI is InChI=1S/C26H22BrClN4O2S2/c1-15(18-6-2-4-8-20(18)28)30-31-22(33)14-35-26-29-24-23(19-7-3-5-9-21(19)36-24)25(34)32(26)17-12-10-16(27)11-13-17/h2,4,6,8,10-13H,3,5,7,9,14H2,1H3,(H,31,33). The van der Waals surface area contributed by atoms with Crippen molar-refractivity contribution >= 4 is 72.5 Å². The van der Waals surface area contributed by atoms with Crippen molar-refractivity contribution in [2.24, 2.45) is 5.10 Å². The Bertz CT molecular complexity index is 1550. The first-order valence-electron chi connectivity index (χ1n) is 11.5. The molecule has 0 bridgehead atoms. The van der Waals surface area contributed by atoms with E-state index in [1.165, 1.54) is 16.6 Å². The van der Waals surface area contributed by atoms with Crippen LogP contribution >= 0.6 is 50.6 Å². The summed E-state index contributed by atoms with van der Waals surface area (Å²) in [5.41, 5.74) is 5.72. The summed E-state index contributed by atoms with van der Waals surface area (Å²) in [7, 11) is 0. The fourth-order valence-corrected chi connectivity index (χ4v) is 6.87. The van der Waals surface area contributed by atoms with Crippen molar-refractivity contribution in [2.75, 3.05) is 5.75 Å². The van der Waals surface area contributed by atoms with E-state index in [4.69, 9.17) is 16.6 Å². The van der Waals surface area contributed by atoms with E-state index >= 15 is 0 Å². The molecule has 1 aliphatic carbocycles. The highest BCUT2D eigenvalue weighted by Crippen LogP contribution is 2.35. The summed E-state index contributed by atoms with van der Waals surface area (Å²) in [6.45, 7) is 1.79. The molecule has 5 rings (SSSR count). The number of rotatable bonds is 6. The quantitative estimate of drug-likeness (QED) is 0.121. The number of carbonyl (C=O) groups excluding carboxylic acids is 1. The number of thiophene rings is 1. The summed E-state index contributed by atoms with van der Waals surface area (Å²) in [4.78, 5) is 33.3. The van der Waals surface area contributed by atoms with E-state index in [-0.39, 0.29) is 17.2 Å². The molecule has 1 N–H and O–H groups in total. The molecule has 2 aromatic heterocycles. The summed E-state index contributed by atoms with van der Waals surface area (Å²) in [6, 6.07) is 14.9. The molecule has 0 saturated heterocycles. The van der Waals surface area contributed by atoms with Gasteiger partial charge in [0.25, 0.3) is 11.5 Å². The van der Waals surface area contributed by atoms with Crippen molar-refractivity contribution in [3.05, 3.63) is 84.4 Å². The van der Waals surface area contributed by atoms with Gasteiger partial charge in [-0.15, -0.1) is 11.3 Å². The highest BCUT2D eigenvalue weighted by atomic mass is 79.9. The number of hydrogen-bond acceptors (Lipinski definition) is 6. The maximum Gasteiger partial charge on any atom is 0.267 e. The predicted octanol–water partition coefficient (Wildman–Crippen LogP) is 6.37. The minimum absolute atomic E-state index is 0.0544. The third-order valence-corrected chi connectivity index (χ3v) is 8.97. The fourth-order valence-electron chi connectivity index (χ4n) is 4.22. The summed E-state index contributed by atoms with van der Waals surface area (Å²) >= 11 is 12.5. The average molecular weight is 602 g/mol. The molecule has 184 valence electrons. The minimum atomic E-state index is -0.298. The van der Waals surface area contributed by atoms with Gasteiger partial charge >= 0.3 is 0 Å². The summed E-state index contributed by atoms with van der Waals surface area (Å²) in [5, 5.41) is 5.96. The van der Waals surface area contributed by atoms with Crippen LogP contribution in [0.15, 0.2) is 68.1 Å². The Hall–Kier alpha value is -2.46. The highest BCUT2D eigenvalue weighted by Gasteiger charge is 2.23. The molecule has 6 nitrogen and oxygen atoms in total. The topological polar surface area (TPSA) is 76.3 Å². The molecule has 4 aromatic rings. The van der Waals surface area contributed by atoms with Gasteiger partial charge in [-0.05, 0) is 68.5 Å². The van der Waals surface area contributed by atoms with Gasteiger partial charge in [-0.25, -0.2) is 10.4 Å². The van der Waals surface area contributed by atoms with Gasteiger partial charge in [0.2, 0.25) is 0 Å². The van der Waals surface area contributed by atoms with Gasteiger partial charge in [-0.3, -0.25) is 14.2 Å². The lowest BCUT2D eigenvalue weighted by molar-refractivity contribution is -0.118. The smallest absolute Gasteiger partial charge is 0.267 e. The molecule has 1 aliphatic rings. The number of aryl methyl sites for hydroxylation is 2. The van der Waals surface area contributed by atoms with Crippen molar-refractivity contribution in [2.45, 2.75) is 37.8 Å². The van der Waals surface area contributed by atoms with Crippen molar-refractivity contribution in [3.63, 3.8) is 0 Å². The zero-order valence-electron chi connectivity index (χ0n) is 19.4. The summed E-state index contributed by atoms with van der Waals surface area (Å²) in [6.07, 6.45) is 4.12. The van der Waals surface area contributed by atoms with Gasteiger partial charge in [0.15, 0.2) is 5.16 Å². The number of aromatic nitrogens is 2. The third-order valence-electron chi connectivity index (χ3n) is 5.99. The van der Waals surface area contributed by atoms with E-state index in [0.717, 1.165) is 46.1 Å². The van der Waals surface area contributed by atoms with Gasteiger partial charge in [0.1, 0.15) is 4.83 Å². The molecule has 0 aliphatic heterocycles. The van der Waals surface area contributed by atoms with Gasteiger partial charge in [-0.2, -0.15) is 5.10 Å². The van der Waals surface area contributed by atoms with Crippen LogP contribution in [0.4, 0.5) is 0 Å². The Morgan fingerprint density at radius 3 is 2.72 bits per heavy atom. The van der Waals surface area contributed by atoms with Crippen LogP contribution in [0.2, 0.25) is 5.02 Å². The first kappa shape index (κ1) is 25.2. The Morgan fingerprint density at radius 1 is 1.19 bits per heavy atom. The lowest BCUT2D eigenvalue weighted by Gasteiger charge is -2.13. The lowest BCUT2D eigenvalue weighted by Crippen LogP contribution is -2.24. The van der Waals surface area contributed by atoms with Crippen LogP contribution < -0.4 is 11.0 Å². The van der Waals surface area contributed by atoms with Crippen molar-refractivity contribution in [1.82, 2.24) is 15.0 Å². The number of nitrogens with one attached hydrogen (secondary N) is 1. The molecule has 0 radical (unpaired) electrons. The first-order valence-corrected chi connectivity index (χ1v) is 14.4. The minimum Gasteiger partial charge on any atom is -0.272 e. The molecule has 0 fully saturated rings. The zero-order valence-corrected chi connectivity index (χ0v) is 23.4. The van der Waals surface area contributed by atoms with Crippen LogP contribution in [0.1, 0.15) is 35.8 Å². The molecule has 0 spiro atoms. The largest absolute Gasteiger partial charge is 0.272 e. The normalized spacial score (nSPS) is 13.6. The van der Waals surface area contributed by atoms with Crippen molar-refractivity contribution < 1.29 is 4.79 Å². The molecule has 1 amide bonds. The van der Waals surface area contributed by atoms with Crippen LogP contribution in [0.5, 0.6) is 0 Å². The van der Waals surface area contributed by atoms with E-state index in [0.29, 0.717) is 27.0 Å². The van der Waals surface area contributed by atoms with E-state index < -0.39 is 0 Å². The molecule has 0 unspecified atom stereocenters. The van der Waals surface area contributed by atoms with E-state index in [2.05, 4.69) is 26.5 Å². The molecule has 0 saturated carbocycles. The number of thioether (sulfide) groups is 1. The number of benzene rings is 2. The van der Waals surface area contributed by atoms with Gasteiger partial charge in [0, 0.05) is 19.9 Å². The summed E-state index contributed by atoms with van der Waals surface area (Å²) < 4.78 is 2.54. The predicted molar refractivity (Wildman–Crippen MR) is 152 cm³/mol.